The highest BCUT2D eigenvalue weighted by molar-refractivity contribution is 5.76. The van der Waals surface area contributed by atoms with E-state index in [0.29, 0.717) is 11.2 Å². The van der Waals surface area contributed by atoms with Gasteiger partial charge in [0.05, 0.1) is 6.20 Å². The van der Waals surface area contributed by atoms with Gasteiger partial charge in [0.1, 0.15) is 11.3 Å². The first-order chi connectivity index (χ1) is 6.20. The molecular weight excluding hydrogens is 170 g/mol. The molecule has 0 atom stereocenters. The maximum atomic E-state index is 11.1. The fraction of sp³-hybridized carbons (Fsp3) is 0.125. The molecule has 2 aromatic heterocycles. The lowest BCUT2D eigenvalue weighted by atomic mass is 10.4. The number of fused-ring (bicyclic) bond motifs is 1. The van der Waals surface area contributed by atoms with E-state index < -0.39 is 0 Å². The van der Waals surface area contributed by atoms with E-state index in [-0.39, 0.29) is 11.3 Å². The Labute approximate surface area is 73.3 Å². The molecule has 0 aliphatic rings. The van der Waals surface area contributed by atoms with Crippen LogP contribution in [0.2, 0.25) is 0 Å². The van der Waals surface area contributed by atoms with Crippen molar-refractivity contribution in [1.29, 1.82) is 0 Å². The van der Waals surface area contributed by atoms with Gasteiger partial charge in [-0.05, 0) is 0 Å². The summed E-state index contributed by atoms with van der Waals surface area (Å²) < 4.78 is 1.31. The number of hydrogen-bond donors (Lipinski definition) is 1. The fourth-order valence-electron chi connectivity index (χ4n) is 1.16. The van der Waals surface area contributed by atoms with Crippen molar-refractivity contribution in [3.05, 3.63) is 28.8 Å². The van der Waals surface area contributed by atoms with Crippen LogP contribution in [0.3, 0.4) is 0 Å². The first-order valence-electron chi connectivity index (χ1n) is 3.70. The number of pyridine rings is 1. The van der Waals surface area contributed by atoms with Crippen LogP contribution in [-0.4, -0.2) is 19.6 Å². The van der Waals surface area contributed by atoms with Crippen LogP contribution < -0.4 is 5.56 Å². The van der Waals surface area contributed by atoms with Gasteiger partial charge in [-0.15, -0.1) is 0 Å². The largest absolute Gasteiger partial charge is 0.506 e. The second-order valence-electron chi connectivity index (χ2n) is 2.66. The van der Waals surface area contributed by atoms with E-state index in [9.17, 15) is 9.90 Å². The zero-order chi connectivity index (χ0) is 9.42. The maximum Gasteiger partial charge on any atom is 0.269 e. The van der Waals surface area contributed by atoms with Crippen LogP contribution in [0.15, 0.2) is 23.3 Å². The van der Waals surface area contributed by atoms with Gasteiger partial charge in [-0.3, -0.25) is 4.79 Å². The normalized spacial score (nSPS) is 10.5. The second kappa shape index (κ2) is 2.55. The predicted octanol–water partition coefficient (Wildman–Crippen LogP) is 0.0341. The van der Waals surface area contributed by atoms with Crippen molar-refractivity contribution < 1.29 is 5.11 Å². The van der Waals surface area contributed by atoms with Gasteiger partial charge >= 0.3 is 0 Å². The zero-order valence-electron chi connectivity index (χ0n) is 6.93. The van der Waals surface area contributed by atoms with E-state index in [0.717, 1.165) is 0 Å². The monoisotopic (exact) mass is 177 g/mol. The molecule has 5 nitrogen and oxygen atoms in total. The van der Waals surface area contributed by atoms with E-state index in [4.69, 9.17) is 0 Å². The molecule has 2 rings (SSSR count). The number of hydrogen-bond acceptors (Lipinski definition) is 4. The first kappa shape index (κ1) is 7.72. The van der Waals surface area contributed by atoms with Crippen molar-refractivity contribution in [2.24, 2.45) is 7.05 Å². The predicted molar refractivity (Wildman–Crippen MR) is 46.4 cm³/mol. The van der Waals surface area contributed by atoms with Gasteiger partial charge in [0.2, 0.25) is 0 Å². The number of nitrogens with zero attached hydrogens (tertiary/aromatic N) is 3. The number of rotatable bonds is 0. The molecule has 0 spiro atoms. The third-order valence-corrected chi connectivity index (χ3v) is 1.85. The highest BCUT2D eigenvalue weighted by Gasteiger charge is 2.05. The van der Waals surface area contributed by atoms with Crippen LogP contribution in [-0.2, 0) is 7.05 Å². The van der Waals surface area contributed by atoms with Gasteiger partial charge in [0, 0.05) is 19.3 Å². The van der Waals surface area contributed by atoms with Gasteiger partial charge in [-0.25, -0.2) is 9.97 Å². The standard InChI is InChI=1S/C8H7N3O2/c1-11-6(13)4-10-8-7(11)5(12)2-3-9-8/h2-4H,1H3,(H,9,12). The quantitative estimate of drug-likeness (QED) is 0.616. The van der Waals surface area contributed by atoms with Gasteiger partial charge in [-0.1, -0.05) is 0 Å². The van der Waals surface area contributed by atoms with Crippen molar-refractivity contribution in [2.45, 2.75) is 0 Å². The summed E-state index contributed by atoms with van der Waals surface area (Å²) in [5.41, 5.74) is 0.452. The van der Waals surface area contributed by atoms with Crippen molar-refractivity contribution in [3.8, 4) is 5.75 Å². The lowest BCUT2D eigenvalue weighted by Crippen LogP contribution is -2.16. The van der Waals surface area contributed by atoms with E-state index in [1.165, 1.54) is 23.0 Å². The summed E-state index contributed by atoms with van der Waals surface area (Å²) in [7, 11) is 1.56. The minimum atomic E-state index is -0.268. The molecule has 0 aliphatic carbocycles. The Hall–Kier alpha value is -1.91. The SMILES string of the molecule is Cn1c(=O)cnc2nccc(O)c21. The average Bonchev–Trinajstić information content (AvgIpc) is 2.12. The molecule has 66 valence electrons. The van der Waals surface area contributed by atoms with Crippen molar-refractivity contribution >= 4 is 11.2 Å². The van der Waals surface area contributed by atoms with Gasteiger partial charge in [-0.2, -0.15) is 0 Å². The maximum absolute atomic E-state index is 11.1. The molecule has 0 unspecified atom stereocenters. The molecule has 0 amide bonds. The molecule has 2 heterocycles. The first-order valence-corrected chi connectivity index (χ1v) is 3.70. The minimum absolute atomic E-state index is 0.0118. The van der Waals surface area contributed by atoms with Crippen molar-refractivity contribution in [2.75, 3.05) is 0 Å². The van der Waals surface area contributed by atoms with Crippen molar-refractivity contribution in [3.63, 3.8) is 0 Å². The van der Waals surface area contributed by atoms with E-state index in [1.54, 1.807) is 7.05 Å². The average molecular weight is 177 g/mol. The Balaban J connectivity index is 3.05. The molecule has 13 heavy (non-hydrogen) atoms. The zero-order valence-corrected chi connectivity index (χ0v) is 6.93. The summed E-state index contributed by atoms with van der Waals surface area (Å²) in [6.45, 7) is 0. The van der Waals surface area contributed by atoms with E-state index in [1.807, 2.05) is 0 Å². The van der Waals surface area contributed by atoms with Crippen LogP contribution in [0.25, 0.3) is 11.2 Å². The summed E-state index contributed by atoms with van der Waals surface area (Å²) >= 11 is 0. The number of aromatic hydroxyl groups is 1. The van der Waals surface area contributed by atoms with Crippen LogP contribution in [0.4, 0.5) is 0 Å². The summed E-state index contributed by atoms with van der Waals surface area (Å²) in [6.07, 6.45) is 2.61. The molecule has 0 saturated heterocycles. The molecule has 1 N–H and O–H groups in total. The Bertz CT molecular complexity index is 518. The highest BCUT2D eigenvalue weighted by atomic mass is 16.3. The van der Waals surface area contributed by atoms with Crippen LogP contribution in [0.5, 0.6) is 5.75 Å². The van der Waals surface area contributed by atoms with Gasteiger partial charge < -0.3 is 9.67 Å². The lowest BCUT2D eigenvalue weighted by Gasteiger charge is -2.03. The summed E-state index contributed by atoms with van der Waals surface area (Å²) in [6, 6.07) is 1.42. The van der Waals surface area contributed by atoms with E-state index >= 15 is 0 Å². The molecule has 0 bridgehead atoms. The minimum Gasteiger partial charge on any atom is -0.506 e. The summed E-state index contributed by atoms with van der Waals surface area (Å²) in [5.74, 6) is 0.0118. The molecule has 0 saturated carbocycles. The Morgan fingerprint density at radius 2 is 2.23 bits per heavy atom. The molecule has 0 fully saturated rings. The number of aromatic nitrogens is 3. The fourth-order valence-corrected chi connectivity index (χ4v) is 1.16. The highest BCUT2D eigenvalue weighted by Crippen LogP contribution is 2.17. The van der Waals surface area contributed by atoms with Gasteiger partial charge in [0.25, 0.3) is 5.56 Å². The molecule has 0 radical (unpaired) electrons. The van der Waals surface area contributed by atoms with Gasteiger partial charge in [0.15, 0.2) is 5.65 Å². The Kier molecular flexibility index (Phi) is 1.51. The third-order valence-electron chi connectivity index (χ3n) is 1.85. The topological polar surface area (TPSA) is 68.0 Å². The van der Waals surface area contributed by atoms with Crippen LogP contribution in [0.1, 0.15) is 0 Å². The second-order valence-corrected chi connectivity index (χ2v) is 2.66. The Morgan fingerprint density at radius 3 is 3.00 bits per heavy atom. The smallest absolute Gasteiger partial charge is 0.269 e. The molecule has 5 heteroatoms. The van der Waals surface area contributed by atoms with Crippen molar-refractivity contribution in [1.82, 2.24) is 14.5 Å². The van der Waals surface area contributed by atoms with Crippen LogP contribution in [0, 0.1) is 0 Å². The van der Waals surface area contributed by atoms with E-state index in [2.05, 4.69) is 9.97 Å². The Morgan fingerprint density at radius 1 is 1.46 bits per heavy atom. The molecule has 2 aromatic rings. The van der Waals surface area contributed by atoms with Crippen LogP contribution >= 0.6 is 0 Å². The molecule has 0 aromatic carbocycles. The summed E-state index contributed by atoms with van der Waals surface area (Å²) in [4.78, 5) is 18.9. The third kappa shape index (κ3) is 1.05. The number of aryl methyl sites for hydroxylation is 1. The summed E-state index contributed by atoms with van der Waals surface area (Å²) in [5, 5.41) is 9.44. The lowest BCUT2D eigenvalue weighted by molar-refractivity contribution is 0.477. The molecular formula is C8H7N3O2. The molecule has 0 aliphatic heterocycles.